The summed E-state index contributed by atoms with van der Waals surface area (Å²) in [5, 5.41) is 3.42. The summed E-state index contributed by atoms with van der Waals surface area (Å²) in [5.74, 6) is 0.913. The molecule has 1 amide bonds. The molecule has 0 aliphatic carbocycles. The van der Waals surface area contributed by atoms with Crippen LogP contribution in [0.4, 0.5) is 4.79 Å². The molecule has 1 atom stereocenters. The molecule has 0 bridgehead atoms. The molecule has 0 radical (unpaired) electrons. The number of ether oxygens (including phenoxy) is 1. The van der Waals surface area contributed by atoms with Gasteiger partial charge >= 0.3 is 6.09 Å². The molecule has 2 rings (SSSR count). The largest absolute Gasteiger partial charge is 0.444 e. The van der Waals surface area contributed by atoms with E-state index in [0.717, 1.165) is 5.82 Å². The number of aromatic nitrogens is 2. The average Bonchev–Trinajstić information content (AvgIpc) is 2.72. The van der Waals surface area contributed by atoms with Crippen molar-refractivity contribution in [2.24, 2.45) is 0 Å². The molecule has 1 aliphatic rings. The average molecular weight is 266 g/mol. The van der Waals surface area contributed by atoms with E-state index >= 15 is 0 Å². The number of amides is 1. The normalized spacial score (nSPS) is 18.0. The summed E-state index contributed by atoms with van der Waals surface area (Å²) < 4.78 is 5.31. The van der Waals surface area contributed by atoms with Crippen LogP contribution in [0.15, 0.2) is 12.4 Å². The van der Waals surface area contributed by atoms with Crippen LogP contribution in [0.1, 0.15) is 39.6 Å². The topological polar surface area (TPSA) is 70.2 Å². The van der Waals surface area contributed by atoms with Gasteiger partial charge < -0.3 is 19.9 Å². The van der Waals surface area contributed by atoms with Crippen molar-refractivity contribution < 1.29 is 9.53 Å². The Balaban J connectivity index is 1.73. The molecule has 1 unspecified atom stereocenters. The lowest BCUT2D eigenvalue weighted by Gasteiger charge is -2.41. The van der Waals surface area contributed by atoms with Crippen LogP contribution in [0.5, 0.6) is 0 Å². The van der Waals surface area contributed by atoms with Crippen molar-refractivity contribution in [1.82, 2.24) is 20.2 Å². The van der Waals surface area contributed by atoms with Crippen molar-refractivity contribution in [2.75, 3.05) is 13.1 Å². The highest BCUT2D eigenvalue weighted by Crippen LogP contribution is 2.17. The molecular formula is C13H22N4O2. The van der Waals surface area contributed by atoms with Crippen molar-refractivity contribution >= 4 is 6.09 Å². The second-order valence-electron chi connectivity index (χ2n) is 5.95. The van der Waals surface area contributed by atoms with Gasteiger partial charge in [0.2, 0.25) is 0 Å². The number of aromatic amines is 1. The lowest BCUT2D eigenvalue weighted by Crippen LogP contribution is -2.60. The molecule has 1 aliphatic heterocycles. The molecule has 2 heterocycles. The van der Waals surface area contributed by atoms with Crippen LogP contribution in [0.25, 0.3) is 0 Å². The van der Waals surface area contributed by atoms with E-state index < -0.39 is 5.60 Å². The predicted octanol–water partition coefficient (Wildman–Crippen LogP) is 1.68. The zero-order chi connectivity index (χ0) is 14.0. The maximum Gasteiger partial charge on any atom is 0.410 e. The van der Waals surface area contributed by atoms with Crippen LogP contribution in [-0.4, -0.2) is 45.7 Å². The Bertz CT molecular complexity index is 418. The Morgan fingerprint density at radius 1 is 1.58 bits per heavy atom. The first kappa shape index (κ1) is 13.9. The lowest BCUT2D eigenvalue weighted by molar-refractivity contribution is 0.00426. The molecule has 1 saturated heterocycles. The highest BCUT2D eigenvalue weighted by atomic mass is 16.6. The molecule has 0 aromatic carbocycles. The SMILES string of the molecule is CC(NC1CN(C(=O)OC(C)(C)C)C1)c1ncc[nH]1. The summed E-state index contributed by atoms with van der Waals surface area (Å²) in [4.78, 5) is 20.7. The Labute approximate surface area is 113 Å². The molecule has 6 heteroatoms. The van der Waals surface area contributed by atoms with Crippen molar-refractivity contribution in [3.8, 4) is 0 Å². The van der Waals surface area contributed by atoms with E-state index in [9.17, 15) is 4.79 Å². The number of hydrogen-bond donors (Lipinski definition) is 2. The predicted molar refractivity (Wildman–Crippen MR) is 71.7 cm³/mol. The van der Waals surface area contributed by atoms with Crippen molar-refractivity contribution in [3.63, 3.8) is 0 Å². The van der Waals surface area contributed by atoms with Crippen LogP contribution >= 0.6 is 0 Å². The number of rotatable bonds is 3. The van der Waals surface area contributed by atoms with Gasteiger partial charge in [0.1, 0.15) is 11.4 Å². The van der Waals surface area contributed by atoms with E-state index in [1.165, 1.54) is 0 Å². The van der Waals surface area contributed by atoms with Gasteiger partial charge in [0.05, 0.1) is 6.04 Å². The Morgan fingerprint density at radius 3 is 2.79 bits per heavy atom. The maximum absolute atomic E-state index is 11.8. The molecule has 6 nitrogen and oxygen atoms in total. The van der Waals surface area contributed by atoms with Crippen LogP contribution in [0.2, 0.25) is 0 Å². The summed E-state index contributed by atoms with van der Waals surface area (Å²) in [5.41, 5.74) is -0.433. The molecular weight excluding hydrogens is 244 g/mol. The van der Waals surface area contributed by atoms with Gasteiger partial charge in [-0.05, 0) is 27.7 Å². The summed E-state index contributed by atoms with van der Waals surface area (Å²) in [7, 11) is 0. The zero-order valence-electron chi connectivity index (χ0n) is 11.9. The maximum atomic E-state index is 11.8. The number of likely N-dealkylation sites (tertiary alicyclic amines) is 1. The van der Waals surface area contributed by atoms with Crippen LogP contribution < -0.4 is 5.32 Å². The standard InChI is InChI=1S/C13H22N4O2/c1-9(11-14-5-6-15-11)16-10-7-17(8-10)12(18)19-13(2,3)4/h5-6,9-10,16H,7-8H2,1-4H3,(H,14,15). The third kappa shape index (κ3) is 3.70. The fraction of sp³-hybridized carbons (Fsp3) is 0.692. The number of carbonyl (C=O) groups excluding carboxylic acids is 1. The molecule has 0 saturated carbocycles. The number of H-pyrrole nitrogens is 1. The molecule has 0 spiro atoms. The van der Waals surface area contributed by atoms with Gasteiger partial charge in [0.15, 0.2) is 0 Å². The lowest BCUT2D eigenvalue weighted by atomic mass is 10.1. The molecule has 106 valence electrons. The van der Waals surface area contributed by atoms with E-state index in [2.05, 4.69) is 22.2 Å². The summed E-state index contributed by atoms with van der Waals surface area (Å²) >= 11 is 0. The Morgan fingerprint density at radius 2 is 2.26 bits per heavy atom. The minimum absolute atomic E-state index is 0.154. The first-order valence-electron chi connectivity index (χ1n) is 6.58. The Hall–Kier alpha value is -1.56. The minimum atomic E-state index is -0.433. The highest BCUT2D eigenvalue weighted by Gasteiger charge is 2.34. The second-order valence-corrected chi connectivity index (χ2v) is 5.95. The monoisotopic (exact) mass is 266 g/mol. The quantitative estimate of drug-likeness (QED) is 0.873. The fourth-order valence-electron chi connectivity index (χ4n) is 2.01. The Kier molecular flexibility index (Phi) is 3.80. The van der Waals surface area contributed by atoms with E-state index in [4.69, 9.17) is 4.74 Å². The molecule has 1 aromatic rings. The number of carbonyl (C=O) groups is 1. The second kappa shape index (κ2) is 5.21. The zero-order valence-corrected chi connectivity index (χ0v) is 11.9. The van der Waals surface area contributed by atoms with Crippen LogP contribution in [-0.2, 0) is 4.74 Å². The summed E-state index contributed by atoms with van der Waals surface area (Å²) in [6.07, 6.45) is 3.30. The van der Waals surface area contributed by atoms with Gasteiger partial charge in [-0.15, -0.1) is 0 Å². The first-order valence-corrected chi connectivity index (χ1v) is 6.58. The van der Waals surface area contributed by atoms with Crippen LogP contribution in [0.3, 0.4) is 0 Å². The molecule has 1 aromatic heterocycles. The third-order valence-corrected chi connectivity index (χ3v) is 2.95. The van der Waals surface area contributed by atoms with Gasteiger partial charge in [-0.1, -0.05) is 0 Å². The fourth-order valence-corrected chi connectivity index (χ4v) is 2.01. The van der Waals surface area contributed by atoms with E-state index in [0.29, 0.717) is 19.1 Å². The summed E-state index contributed by atoms with van der Waals surface area (Å²) in [6, 6.07) is 0.452. The smallest absolute Gasteiger partial charge is 0.410 e. The van der Waals surface area contributed by atoms with E-state index in [1.807, 2.05) is 20.8 Å². The van der Waals surface area contributed by atoms with Gasteiger partial charge in [0.25, 0.3) is 0 Å². The van der Waals surface area contributed by atoms with Gasteiger partial charge in [0, 0.05) is 31.5 Å². The first-order chi connectivity index (χ1) is 8.85. The number of hydrogen-bond acceptors (Lipinski definition) is 4. The van der Waals surface area contributed by atoms with Gasteiger partial charge in [-0.25, -0.2) is 9.78 Å². The number of imidazole rings is 1. The van der Waals surface area contributed by atoms with E-state index in [-0.39, 0.29) is 12.1 Å². The van der Waals surface area contributed by atoms with Crippen molar-refractivity contribution in [3.05, 3.63) is 18.2 Å². The van der Waals surface area contributed by atoms with Gasteiger partial charge in [-0.2, -0.15) is 0 Å². The number of nitrogens with zero attached hydrogens (tertiary/aromatic N) is 2. The molecule has 1 fully saturated rings. The van der Waals surface area contributed by atoms with Crippen LogP contribution in [0, 0.1) is 0 Å². The minimum Gasteiger partial charge on any atom is -0.444 e. The number of nitrogens with one attached hydrogen (secondary N) is 2. The van der Waals surface area contributed by atoms with Crippen molar-refractivity contribution in [2.45, 2.75) is 45.4 Å². The molecule has 19 heavy (non-hydrogen) atoms. The third-order valence-electron chi connectivity index (χ3n) is 2.95. The van der Waals surface area contributed by atoms with Gasteiger partial charge in [-0.3, -0.25) is 0 Å². The molecule has 2 N–H and O–H groups in total. The summed E-state index contributed by atoms with van der Waals surface area (Å²) in [6.45, 7) is 9.03. The highest BCUT2D eigenvalue weighted by molar-refractivity contribution is 5.69. The van der Waals surface area contributed by atoms with Crippen molar-refractivity contribution in [1.29, 1.82) is 0 Å². The van der Waals surface area contributed by atoms with E-state index in [1.54, 1.807) is 17.3 Å².